The molecule has 14 rings (SSSR count). The van der Waals surface area contributed by atoms with E-state index in [9.17, 15) is 0 Å². The predicted molar refractivity (Wildman–Crippen MR) is 279 cm³/mol. The van der Waals surface area contributed by atoms with E-state index in [1.165, 1.54) is 109 Å². The van der Waals surface area contributed by atoms with Crippen molar-refractivity contribution in [2.24, 2.45) is 0 Å². The van der Waals surface area contributed by atoms with Crippen molar-refractivity contribution in [3.05, 3.63) is 258 Å². The van der Waals surface area contributed by atoms with Gasteiger partial charge in [-0.25, -0.2) is 0 Å². The highest BCUT2D eigenvalue weighted by molar-refractivity contribution is 7.26. The second kappa shape index (κ2) is 13.9. The first-order valence-corrected chi connectivity index (χ1v) is 23.9. The van der Waals surface area contributed by atoms with Gasteiger partial charge in [0.15, 0.2) is 0 Å². The minimum Gasteiger partial charge on any atom is -0.310 e. The molecule has 0 bridgehead atoms. The van der Waals surface area contributed by atoms with Crippen LogP contribution in [0.15, 0.2) is 224 Å². The topological polar surface area (TPSA) is 3.24 Å². The second-order valence-corrected chi connectivity index (χ2v) is 19.8. The molecule has 3 aliphatic carbocycles. The molecule has 0 N–H and O–H groups in total. The van der Waals surface area contributed by atoms with Crippen molar-refractivity contribution in [3.63, 3.8) is 0 Å². The summed E-state index contributed by atoms with van der Waals surface area (Å²) in [5.41, 5.74) is 23.9. The molecule has 1 atom stereocenters. The molecule has 310 valence electrons. The molecule has 3 aliphatic rings. The molecule has 66 heavy (non-hydrogen) atoms. The number of benzene rings is 10. The van der Waals surface area contributed by atoms with Gasteiger partial charge in [-0.1, -0.05) is 190 Å². The van der Waals surface area contributed by atoms with Gasteiger partial charge in [0.05, 0.1) is 11.1 Å². The average Bonchev–Trinajstić information content (AvgIpc) is 4.06. The first kappa shape index (κ1) is 37.6. The zero-order valence-corrected chi connectivity index (χ0v) is 37.5. The Bertz CT molecular complexity index is 3800. The Morgan fingerprint density at radius 1 is 0.348 bits per heavy atom. The van der Waals surface area contributed by atoms with Crippen LogP contribution in [0.4, 0.5) is 17.1 Å². The lowest BCUT2D eigenvalue weighted by molar-refractivity contribution is 0.660. The number of para-hydroxylation sites is 1. The zero-order chi connectivity index (χ0) is 43.7. The van der Waals surface area contributed by atoms with Gasteiger partial charge in [0.2, 0.25) is 0 Å². The van der Waals surface area contributed by atoms with Crippen molar-refractivity contribution < 1.29 is 0 Å². The molecule has 0 fully saturated rings. The monoisotopic (exact) mass is 857 g/mol. The van der Waals surface area contributed by atoms with Crippen molar-refractivity contribution in [3.8, 4) is 55.6 Å². The highest BCUT2D eigenvalue weighted by atomic mass is 32.1. The molecule has 1 aromatic heterocycles. The summed E-state index contributed by atoms with van der Waals surface area (Å²) in [6.07, 6.45) is 0. The Hall–Kier alpha value is -7.78. The van der Waals surface area contributed by atoms with Gasteiger partial charge >= 0.3 is 0 Å². The van der Waals surface area contributed by atoms with Gasteiger partial charge in [-0.2, -0.15) is 0 Å². The van der Waals surface area contributed by atoms with E-state index in [0.29, 0.717) is 0 Å². The van der Waals surface area contributed by atoms with Crippen molar-refractivity contribution in [1.82, 2.24) is 0 Å². The van der Waals surface area contributed by atoms with Crippen LogP contribution in [0, 0.1) is 0 Å². The summed E-state index contributed by atoms with van der Waals surface area (Å²) in [7, 11) is 0. The number of hydrogen-bond acceptors (Lipinski definition) is 2. The first-order chi connectivity index (χ1) is 32.5. The van der Waals surface area contributed by atoms with Crippen LogP contribution < -0.4 is 4.90 Å². The largest absolute Gasteiger partial charge is 0.310 e. The van der Waals surface area contributed by atoms with Crippen LogP contribution in [0.5, 0.6) is 0 Å². The summed E-state index contributed by atoms with van der Waals surface area (Å²) >= 11 is 1.90. The summed E-state index contributed by atoms with van der Waals surface area (Å²) in [6.45, 7) is 4.73. The standard InChI is InChI=1S/C64H43NS/c1-63(2)52-23-11-6-19-46(52)48-35-33-44(39-56(48)63)65(58-26-14-9-18-45(58)41-16-4-3-5-17-41)43-31-28-40(29-32-43)42-30-34-49-47-20-7-12-24-53(47)64(57(49)38-42)54-25-13-8-21-50(54)61-55(64)36-37-60-62(61)51-22-10-15-27-59(51)66-60/h3-39H,1-2H3. The summed E-state index contributed by atoms with van der Waals surface area (Å²) in [4.78, 5) is 2.46. The van der Waals surface area contributed by atoms with Gasteiger partial charge < -0.3 is 4.90 Å². The molecule has 0 amide bonds. The van der Waals surface area contributed by atoms with Crippen LogP contribution in [0.3, 0.4) is 0 Å². The molecule has 1 spiro atoms. The number of hydrogen-bond donors (Lipinski definition) is 0. The highest BCUT2D eigenvalue weighted by Gasteiger charge is 2.52. The minimum atomic E-state index is -0.440. The fraction of sp³-hybridized carbons (Fsp3) is 0.0625. The Morgan fingerprint density at radius 2 is 0.924 bits per heavy atom. The molecule has 10 aromatic carbocycles. The quantitative estimate of drug-likeness (QED) is 0.167. The normalized spacial score (nSPS) is 15.6. The third-order valence-electron chi connectivity index (χ3n) is 15.1. The number of nitrogens with zero attached hydrogens (tertiary/aromatic N) is 1. The van der Waals surface area contributed by atoms with Gasteiger partial charge in [-0.05, 0) is 132 Å². The van der Waals surface area contributed by atoms with E-state index >= 15 is 0 Å². The Labute approximate surface area is 389 Å². The maximum absolute atomic E-state index is 2.51. The first-order valence-electron chi connectivity index (χ1n) is 23.1. The van der Waals surface area contributed by atoms with Crippen molar-refractivity contribution >= 4 is 48.6 Å². The molecular formula is C64H43NS. The molecular weight excluding hydrogens is 815 g/mol. The molecule has 1 heterocycles. The lowest BCUT2D eigenvalue weighted by Crippen LogP contribution is -2.25. The van der Waals surface area contributed by atoms with Crippen molar-refractivity contribution in [2.75, 3.05) is 4.90 Å². The molecule has 0 aliphatic heterocycles. The fourth-order valence-corrected chi connectivity index (χ4v) is 13.3. The maximum Gasteiger partial charge on any atom is 0.0725 e. The van der Waals surface area contributed by atoms with Crippen LogP contribution in [0.2, 0.25) is 0 Å². The lowest BCUT2D eigenvalue weighted by atomic mass is 9.70. The molecule has 0 radical (unpaired) electrons. The summed E-state index contributed by atoms with van der Waals surface area (Å²) < 4.78 is 2.68. The molecule has 0 saturated carbocycles. The van der Waals surface area contributed by atoms with Crippen LogP contribution in [0.25, 0.3) is 75.8 Å². The van der Waals surface area contributed by atoms with Crippen LogP contribution in [-0.4, -0.2) is 0 Å². The van der Waals surface area contributed by atoms with Crippen LogP contribution >= 0.6 is 11.3 Å². The van der Waals surface area contributed by atoms with Gasteiger partial charge in [0.25, 0.3) is 0 Å². The second-order valence-electron chi connectivity index (χ2n) is 18.7. The molecule has 2 heteroatoms. The lowest BCUT2D eigenvalue weighted by Gasteiger charge is -2.31. The average molecular weight is 858 g/mol. The van der Waals surface area contributed by atoms with Crippen LogP contribution in [-0.2, 0) is 10.8 Å². The Morgan fingerprint density at radius 3 is 1.73 bits per heavy atom. The van der Waals surface area contributed by atoms with Gasteiger partial charge in [-0.3, -0.25) is 0 Å². The third kappa shape index (κ3) is 5.05. The van der Waals surface area contributed by atoms with Crippen molar-refractivity contribution in [1.29, 1.82) is 0 Å². The Balaban J connectivity index is 0.938. The predicted octanol–water partition coefficient (Wildman–Crippen LogP) is 17.5. The smallest absolute Gasteiger partial charge is 0.0725 e. The SMILES string of the molecule is CC1(C)c2ccccc2-c2ccc(N(c3ccc(-c4ccc5c(c4)C4(c6ccccc6-5)c5ccccc5-c5c4ccc4sc6ccccc6c54)cc3)c3ccccc3-c3ccccc3)cc21. The molecule has 1 unspecified atom stereocenters. The van der Waals surface area contributed by atoms with E-state index in [2.05, 4.69) is 243 Å². The van der Waals surface area contributed by atoms with Gasteiger partial charge in [0, 0.05) is 42.5 Å². The van der Waals surface area contributed by atoms with Gasteiger partial charge in [0.1, 0.15) is 0 Å². The van der Waals surface area contributed by atoms with E-state index in [0.717, 1.165) is 17.1 Å². The van der Waals surface area contributed by atoms with E-state index in [-0.39, 0.29) is 5.41 Å². The third-order valence-corrected chi connectivity index (χ3v) is 16.2. The molecule has 11 aromatic rings. The molecule has 1 nitrogen and oxygen atoms in total. The minimum absolute atomic E-state index is 0.120. The highest BCUT2D eigenvalue weighted by Crippen LogP contribution is 2.65. The number of fused-ring (bicyclic) bond motifs is 17. The summed E-state index contributed by atoms with van der Waals surface area (Å²) in [5, 5.41) is 2.72. The number of thiophene rings is 1. The van der Waals surface area contributed by atoms with E-state index in [1.54, 1.807) is 0 Å². The van der Waals surface area contributed by atoms with E-state index in [1.807, 2.05) is 11.3 Å². The van der Waals surface area contributed by atoms with E-state index in [4.69, 9.17) is 0 Å². The van der Waals surface area contributed by atoms with Crippen molar-refractivity contribution in [2.45, 2.75) is 24.7 Å². The van der Waals surface area contributed by atoms with Gasteiger partial charge in [-0.15, -0.1) is 11.3 Å². The fourth-order valence-electron chi connectivity index (χ4n) is 12.2. The van der Waals surface area contributed by atoms with E-state index < -0.39 is 5.41 Å². The number of anilines is 3. The Kier molecular flexibility index (Phi) is 7.89. The zero-order valence-electron chi connectivity index (χ0n) is 36.7. The number of rotatable bonds is 5. The summed E-state index contributed by atoms with van der Waals surface area (Å²) in [5.74, 6) is 0. The maximum atomic E-state index is 2.51. The summed E-state index contributed by atoms with van der Waals surface area (Å²) in [6, 6.07) is 84.3. The molecule has 0 saturated heterocycles. The van der Waals surface area contributed by atoms with Crippen LogP contribution in [0.1, 0.15) is 47.2 Å².